The third-order valence-corrected chi connectivity index (χ3v) is 9.80. The zero-order chi connectivity index (χ0) is 32.3. The summed E-state index contributed by atoms with van der Waals surface area (Å²) in [6.45, 7) is 0.280. The Hall–Kier alpha value is -5.16. The molecule has 4 aliphatic rings. The molecule has 3 aromatic rings. The molecular weight excluding hydrogens is 656 g/mol. The Morgan fingerprint density at radius 2 is 1.70 bits per heavy atom. The number of fused-ring (bicyclic) bond motifs is 3. The zero-order valence-corrected chi connectivity index (χ0v) is 25.7. The summed E-state index contributed by atoms with van der Waals surface area (Å²) >= 11 is 3.21. The summed E-state index contributed by atoms with van der Waals surface area (Å²) in [5, 5.41) is 22.5. The van der Waals surface area contributed by atoms with Crippen LogP contribution in [0.2, 0.25) is 0 Å². The number of benzene rings is 3. The van der Waals surface area contributed by atoms with E-state index in [2.05, 4.69) is 15.9 Å². The van der Waals surface area contributed by atoms with Gasteiger partial charge >= 0.3 is 0 Å². The van der Waals surface area contributed by atoms with Gasteiger partial charge in [0.15, 0.2) is 11.6 Å². The summed E-state index contributed by atoms with van der Waals surface area (Å²) in [5.41, 5.74) is 2.55. The minimum Gasteiger partial charge on any atom is -0.507 e. The zero-order valence-electron chi connectivity index (χ0n) is 24.1. The van der Waals surface area contributed by atoms with Crippen LogP contribution in [0.1, 0.15) is 29.9 Å². The van der Waals surface area contributed by atoms with E-state index in [0.717, 1.165) is 10.5 Å². The van der Waals surface area contributed by atoms with Crippen molar-refractivity contribution in [1.82, 2.24) is 0 Å². The van der Waals surface area contributed by atoms with Gasteiger partial charge in [-0.3, -0.25) is 34.2 Å². The Bertz CT molecular complexity index is 1950. The molecule has 1 fully saturated rings. The summed E-state index contributed by atoms with van der Waals surface area (Å²) in [6.07, 6.45) is 3.37. The summed E-state index contributed by atoms with van der Waals surface area (Å²) in [6, 6.07) is 19.6. The molecule has 1 N–H and O–H groups in total. The first-order chi connectivity index (χ1) is 22.1. The first-order valence-corrected chi connectivity index (χ1v) is 15.4. The predicted octanol–water partition coefficient (Wildman–Crippen LogP) is 5.85. The van der Waals surface area contributed by atoms with Gasteiger partial charge < -0.3 is 9.84 Å². The van der Waals surface area contributed by atoms with Crippen molar-refractivity contribution in [3.8, 4) is 11.5 Å². The number of halogens is 1. The fourth-order valence-electron chi connectivity index (χ4n) is 7.14. The Morgan fingerprint density at radius 3 is 2.39 bits per heavy atom. The Labute approximate surface area is 270 Å². The number of carbonyl (C=O) groups excluding carboxylic acids is 4. The maximum absolute atomic E-state index is 14.0. The van der Waals surface area contributed by atoms with Gasteiger partial charge in [-0.2, -0.15) is 0 Å². The predicted molar refractivity (Wildman–Crippen MR) is 169 cm³/mol. The molecule has 3 aromatic carbocycles. The molecule has 3 aliphatic carbocycles. The first kappa shape index (κ1) is 29.5. The SMILES string of the molecule is O=C1C=C(Br)C(=O)C2=C1[C@@H](c1ccc(OCc3ccccc3)cc1O)C1=CC[C@@H]3C(=O)N(c4ccc([N+](=O)[O-])cc4)C(=O)[C@@H]3[C@@H]1C2. The lowest BCUT2D eigenvalue weighted by atomic mass is 9.59. The summed E-state index contributed by atoms with van der Waals surface area (Å²) in [4.78, 5) is 66.3. The standard InChI is InChI=1S/C35H25BrN2O8/c36-27-16-29(40)32-26(33(27)41)15-25-22(30(32)23-11-10-21(14-28(23)39)46-17-18-4-2-1-3-5-18)12-13-24-31(25)35(43)37(34(24)42)19-6-8-20(9-7-19)38(44)45/h1-12,14,16,24-25,30-31,39H,13,15,17H2/t24-,25+,30+,31-/m0/s1. The van der Waals surface area contributed by atoms with Crippen molar-refractivity contribution in [1.29, 1.82) is 0 Å². The van der Waals surface area contributed by atoms with Crippen molar-refractivity contribution in [3.05, 3.63) is 127 Å². The molecule has 1 aliphatic heterocycles. The number of amides is 2. The third kappa shape index (κ3) is 4.78. The van der Waals surface area contributed by atoms with Gasteiger partial charge in [0.2, 0.25) is 11.8 Å². The fraction of sp³-hybridized carbons (Fsp3) is 0.200. The Kier molecular flexibility index (Phi) is 7.28. The lowest BCUT2D eigenvalue weighted by Crippen LogP contribution is -2.39. The van der Waals surface area contributed by atoms with E-state index in [1.54, 1.807) is 12.1 Å². The number of imide groups is 1. The van der Waals surface area contributed by atoms with Crippen LogP contribution in [-0.2, 0) is 25.8 Å². The van der Waals surface area contributed by atoms with Crippen LogP contribution < -0.4 is 9.64 Å². The molecule has 1 saturated heterocycles. The third-order valence-electron chi connectivity index (χ3n) is 9.21. The van der Waals surface area contributed by atoms with Crippen LogP contribution in [0.3, 0.4) is 0 Å². The van der Waals surface area contributed by atoms with E-state index in [0.29, 0.717) is 16.9 Å². The lowest BCUT2D eigenvalue weighted by Gasteiger charge is -2.42. The second kappa shape index (κ2) is 11.3. The number of phenols is 1. The number of phenolic OH excluding ortho intramolecular Hbond substituents is 1. The minimum atomic E-state index is -0.831. The molecule has 46 heavy (non-hydrogen) atoms. The van der Waals surface area contributed by atoms with Crippen molar-refractivity contribution in [2.75, 3.05) is 4.90 Å². The van der Waals surface area contributed by atoms with Crippen LogP contribution in [0.15, 0.2) is 106 Å². The molecule has 4 atom stereocenters. The quantitative estimate of drug-likeness (QED) is 0.112. The van der Waals surface area contributed by atoms with Gasteiger partial charge in [-0.15, -0.1) is 0 Å². The van der Waals surface area contributed by atoms with E-state index in [1.807, 2.05) is 36.4 Å². The van der Waals surface area contributed by atoms with Crippen LogP contribution >= 0.6 is 15.9 Å². The van der Waals surface area contributed by atoms with Crippen molar-refractivity contribution in [2.24, 2.45) is 17.8 Å². The van der Waals surface area contributed by atoms with Crippen molar-refractivity contribution in [3.63, 3.8) is 0 Å². The number of non-ortho nitro benzene ring substituents is 1. The molecule has 0 radical (unpaired) electrons. The maximum atomic E-state index is 14.0. The van der Waals surface area contributed by atoms with Crippen LogP contribution in [0.5, 0.6) is 11.5 Å². The number of Topliss-reactive ketones (excluding diaryl/α,β-unsaturated/α-hetero) is 1. The molecule has 2 amide bonds. The summed E-state index contributed by atoms with van der Waals surface area (Å²) < 4.78 is 5.99. The van der Waals surface area contributed by atoms with Crippen LogP contribution in [0.25, 0.3) is 0 Å². The number of hydrogen-bond acceptors (Lipinski definition) is 8. The van der Waals surface area contributed by atoms with Crippen LogP contribution in [0.4, 0.5) is 11.4 Å². The molecule has 230 valence electrons. The van der Waals surface area contributed by atoms with Crippen molar-refractivity contribution < 1.29 is 33.9 Å². The maximum Gasteiger partial charge on any atom is 0.269 e. The molecule has 10 nitrogen and oxygen atoms in total. The average molecular weight is 681 g/mol. The smallest absolute Gasteiger partial charge is 0.269 e. The first-order valence-electron chi connectivity index (χ1n) is 14.6. The molecular formula is C35H25BrN2O8. The van der Waals surface area contributed by atoms with Gasteiger partial charge in [-0.05, 0) is 58.5 Å². The molecule has 11 heteroatoms. The van der Waals surface area contributed by atoms with Gasteiger partial charge in [0.25, 0.3) is 5.69 Å². The second-order valence-corrected chi connectivity index (χ2v) is 12.5. The molecule has 0 spiro atoms. The van der Waals surface area contributed by atoms with Crippen molar-refractivity contribution >= 4 is 50.7 Å². The number of carbonyl (C=O) groups is 4. The van der Waals surface area contributed by atoms with E-state index in [4.69, 9.17) is 4.74 Å². The van der Waals surface area contributed by atoms with Gasteiger partial charge in [-0.1, -0.05) is 48.0 Å². The van der Waals surface area contributed by atoms with Gasteiger partial charge in [0.1, 0.15) is 18.1 Å². The lowest BCUT2D eigenvalue weighted by molar-refractivity contribution is -0.384. The van der Waals surface area contributed by atoms with E-state index in [1.165, 1.54) is 36.4 Å². The number of nitro groups is 1. The molecule has 1 heterocycles. The van der Waals surface area contributed by atoms with Gasteiger partial charge in [0, 0.05) is 46.9 Å². The number of hydrogen-bond donors (Lipinski definition) is 1. The van der Waals surface area contributed by atoms with E-state index < -0.39 is 40.4 Å². The summed E-state index contributed by atoms with van der Waals surface area (Å²) in [5.74, 6) is -4.36. The van der Waals surface area contributed by atoms with E-state index in [9.17, 15) is 34.4 Å². The molecule has 0 aromatic heterocycles. The molecule has 7 rings (SSSR count). The Morgan fingerprint density at radius 1 is 0.957 bits per heavy atom. The number of aromatic hydroxyl groups is 1. The van der Waals surface area contributed by atoms with Gasteiger partial charge in [-0.25, -0.2) is 0 Å². The number of nitro benzene ring substituents is 1. The number of allylic oxidation sites excluding steroid dienone is 6. The topological polar surface area (TPSA) is 144 Å². The highest BCUT2D eigenvalue weighted by Crippen LogP contribution is 2.56. The number of nitrogens with zero attached hydrogens (tertiary/aromatic N) is 2. The number of rotatable bonds is 6. The highest BCUT2D eigenvalue weighted by Gasteiger charge is 2.57. The summed E-state index contributed by atoms with van der Waals surface area (Å²) in [7, 11) is 0. The Balaban J connectivity index is 1.27. The fourth-order valence-corrected chi connectivity index (χ4v) is 7.59. The van der Waals surface area contributed by atoms with Gasteiger partial charge in [0.05, 0.1) is 26.9 Å². The normalized spacial score (nSPS) is 23.8. The average Bonchev–Trinajstić information content (AvgIpc) is 3.31. The number of ketones is 2. The highest BCUT2D eigenvalue weighted by atomic mass is 79.9. The molecule has 0 unspecified atom stereocenters. The molecule has 0 bridgehead atoms. The molecule has 0 saturated carbocycles. The number of ether oxygens (including phenoxy) is 1. The number of anilines is 1. The van der Waals surface area contributed by atoms with Crippen LogP contribution in [0, 0.1) is 27.9 Å². The highest BCUT2D eigenvalue weighted by molar-refractivity contribution is 9.12. The van der Waals surface area contributed by atoms with E-state index >= 15 is 0 Å². The minimum absolute atomic E-state index is 0.0680. The van der Waals surface area contributed by atoms with Crippen LogP contribution in [-0.4, -0.2) is 33.4 Å². The second-order valence-electron chi connectivity index (χ2n) is 11.7. The van der Waals surface area contributed by atoms with E-state index in [-0.39, 0.29) is 63.8 Å². The largest absolute Gasteiger partial charge is 0.507 e. The monoisotopic (exact) mass is 680 g/mol. The van der Waals surface area contributed by atoms with Crippen molar-refractivity contribution in [2.45, 2.75) is 25.4 Å².